The highest BCUT2D eigenvalue weighted by atomic mass is 16.6. The average Bonchev–Trinajstić information content (AvgIpc) is 3.85. The van der Waals surface area contributed by atoms with E-state index in [0.29, 0.717) is 44.4 Å². The summed E-state index contributed by atoms with van der Waals surface area (Å²) in [5.41, 5.74) is 4.17. The maximum Gasteiger partial charge on any atom is 0.414 e. The van der Waals surface area contributed by atoms with Gasteiger partial charge in [-0.2, -0.15) is 0 Å². The summed E-state index contributed by atoms with van der Waals surface area (Å²) in [6.45, 7) is 6.17. The number of piperazine rings is 1. The van der Waals surface area contributed by atoms with Crippen LogP contribution in [0.2, 0.25) is 0 Å². The van der Waals surface area contributed by atoms with Crippen molar-refractivity contribution in [1.29, 1.82) is 0 Å². The van der Waals surface area contributed by atoms with Gasteiger partial charge in [0.15, 0.2) is 0 Å². The van der Waals surface area contributed by atoms with Crippen molar-refractivity contribution < 1.29 is 19.1 Å². The Labute approximate surface area is 212 Å². The van der Waals surface area contributed by atoms with Crippen molar-refractivity contribution in [3.63, 3.8) is 0 Å². The summed E-state index contributed by atoms with van der Waals surface area (Å²) in [5, 5.41) is 0. The number of hydrogen-bond donors (Lipinski definition) is 0. The summed E-state index contributed by atoms with van der Waals surface area (Å²) in [6.07, 6.45) is 6.82. The van der Waals surface area contributed by atoms with Gasteiger partial charge in [0.25, 0.3) is 5.91 Å². The summed E-state index contributed by atoms with van der Waals surface area (Å²) in [7, 11) is 0. The van der Waals surface area contributed by atoms with E-state index in [1.54, 1.807) is 17.0 Å². The first-order chi connectivity index (χ1) is 17.6. The summed E-state index contributed by atoms with van der Waals surface area (Å²) in [4.78, 5) is 36.3. The zero-order valence-electron chi connectivity index (χ0n) is 20.9. The summed E-state index contributed by atoms with van der Waals surface area (Å²) in [5.74, 6) is 2.52. The van der Waals surface area contributed by atoms with E-state index in [0.717, 1.165) is 30.5 Å². The number of nitrogens with zero attached hydrogens (tertiary/aromatic N) is 4. The predicted octanol–water partition coefficient (Wildman–Crippen LogP) is 4.16. The van der Waals surface area contributed by atoms with Gasteiger partial charge in [-0.3, -0.25) is 9.69 Å². The molecule has 8 heteroatoms. The van der Waals surface area contributed by atoms with Crippen molar-refractivity contribution in [1.82, 2.24) is 9.88 Å². The SMILES string of the molecule is CCOCC1COC(=O)N1c1ccc(C(=O)N2CCN(c3ncc(C4CC4)cc3C3CC3)CC2)cc1. The molecule has 1 aromatic carbocycles. The Bertz CT molecular complexity index is 1120. The van der Waals surface area contributed by atoms with Gasteiger partial charge in [-0.25, -0.2) is 9.78 Å². The molecule has 2 aliphatic carbocycles. The molecule has 1 atom stereocenters. The number of ether oxygens (including phenoxy) is 2. The second kappa shape index (κ2) is 9.73. The molecule has 2 amide bonds. The van der Waals surface area contributed by atoms with Crippen LogP contribution in [0.3, 0.4) is 0 Å². The molecule has 3 heterocycles. The minimum atomic E-state index is -0.376. The fourth-order valence-electron chi connectivity index (χ4n) is 5.31. The zero-order valence-corrected chi connectivity index (χ0v) is 20.9. The van der Waals surface area contributed by atoms with Crippen LogP contribution in [-0.4, -0.2) is 73.9 Å². The molecule has 4 fully saturated rings. The van der Waals surface area contributed by atoms with Crippen molar-refractivity contribution in [2.24, 2.45) is 0 Å². The quantitative estimate of drug-likeness (QED) is 0.553. The number of carbonyl (C=O) groups excluding carboxylic acids is 2. The second-order valence-electron chi connectivity index (χ2n) is 10.3. The van der Waals surface area contributed by atoms with Gasteiger partial charge >= 0.3 is 6.09 Å². The third-order valence-electron chi connectivity index (χ3n) is 7.72. The lowest BCUT2D eigenvalue weighted by Gasteiger charge is -2.36. The number of carbonyl (C=O) groups is 2. The number of anilines is 2. The van der Waals surface area contributed by atoms with Crippen molar-refractivity contribution in [2.45, 2.75) is 50.5 Å². The molecule has 0 radical (unpaired) electrons. The van der Waals surface area contributed by atoms with E-state index in [2.05, 4.69) is 17.2 Å². The predicted molar refractivity (Wildman–Crippen MR) is 137 cm³/mol. The van der Waals surface area contributed by atoms with E-state index in [-0.39, 0.29) is 18.0 Å². The molecule has 6 rings (SSSR count). The summed E-state index contributed by atoms with van der Waals surface area (Å²) in [6, 6.07) is 9.50. The lowest BCUT2D eigenvalue weighted by molar-refractivity contribution is 0.0746. The van der Waals surface area contributed by atoms with E-state index >= 15 is 0 Å². The van der Waals surface area contributed by atoms with Gasteiger partial charge in [0.2, 0.25) is 0 Å². The lowest BCUT2D eigenvalue weighted by Crippen LogP contribution is -2.49. The Morgan fingerprint density at radius 3 is 2.44 bits per heavy atom. The van der Waals surface area contributed by atoms with Crippen LogP contribution in [0.1, 0.15) is 65.9 Å². The number of amides is 2. The molecular formula is C28H34N4O4. The van der Waals surface area contributed by atoms with Crippen LogP contribution in [0, 0.1) is 0 Å². The second-order valence-corrected chi connectivity index (χ2v) is 10.3. The highest BCUT2D eigenvalue weighted by Crippen LogP contribution is 2.47. The van der Waals surface area contributed by atoms with Gasteiger partial charge in [0.05, 0.1) is 12.6 Å². The third-order valence-corrected chi connectivity index (χ3v) is 7.72. The van der Waals surface area contributed by atoms with Gasteiger partial charge in [-0.15, -0.1) is 0 Å². The molecule has 0 bridgehead atoms. The van der Waals surface area contributed by atoms with Gasteiger partial charge in [0, 0.05) is 50.2 Å². The molecule has 190 valence electrons. The van der Waals surface area contributed by atoms with E-state index in [4.69, 9.17) is 14.5 Å². The van der Waals surface area contributed by atoms with Crippen LogP contribution in [0.4, 0.5) is 16.3 Å². The molecule has 0 spiro atoms. The summed E-state index contributed by atoms with van der Waals surface area (Å²) < 4.78 is 10.7. The van der Waals surface area contributed by atoms with Gasteiger partial charge in [0.1, 0.15) is 12.4 Å². The van der Waals surface area contributed by atoms with Crippen LogP contribution in [0.15, 0.2) is 36.5 Å². The molecule has 8 nitrogen and oxygen atoms in total. The summed E-state index contributed by atoms with van der Waals surface area (Å²) >= 11 is 0. The topological polar surface area (TPSA) is 75.2 Å². The average molecular weight is 491 g/mol. The van der Waals surface area contributed by atoms with Crippen LogP contribution >= 0.6 is 0 Å². The first kappa shape index (κ1) is 23.3. The third kappa shape index (κ3) is 4.66. The van der Waals surface area contributed by atoms with Crippen LogP contribution in [0.25, 0.3) is 0 Å². The molecular weight excluding hydrogens is 456 g/mol. The van der Waals surface area contributed by atoms with Crippen LogP contribution < -0.4 is 9.80 Å². The van der Waals surface area contributed by atoms with Crippen LogP contribution in [0.5, 0.6) is 0 Å². The Morgan fingerprint density at radius 1 is 1.06 bits per heavy atom. The highest BCUT2D eigenvalue weighted by Gasteiger charge is 2.35. The number of pyridine rings is 1. The molecule has 4 aliphatic rings. The van der Waals surface area contributed by atoms with Gasteiger partial charge < -0.3 is 19.3 Å². The minimum Gasteiger partial charge on any atom is -0.447 e. The monoisotopic (exact) mass is 490 g/mol. The molecule has 2 saturated heterocycles. The van der Waals surface area contributed by atoms with Gasteiger partial charge in [-0.05, 0) is 79.8 Å². The molecule has 2 aliphatic heterocycles. The van der Waals surface area contributed by atoms with Gasteiger partial charge in [-0.1, -0.05) is 6.07 Å². The number of hydrogen-bond acceptors (Lipinski definition) is 6. The van der Waals surface area contributed by atoms with E-state index < -0.39 is 0 Å². The van der Waals surface area contributed by atoms with E-state index in [1.165, 1.54) is 36.8 Å². The fourth-order valence-corrected chi connectivity index (χ4v) is 5.31. The fraction of sp³-hybridized carbons (Fsp3) is 0.536. The van der Waals surface area contributed by atoms with Crippen molar-refractivity contribution in [3.05, 3.63) is 53.2 Å². The first-order valence-electron chi connectivity index (χ1n) is 13.3. The lowest BCUT2D eigenvalue weighted by atomic mass is 10.1. The minimum absolute atomic E-state index is 0.0236. The van der Waals surface area contributed by atoms with Crippen molar-refractivity contribution in [2.75, 3.05) is 55.8 Å². The maximum atomic E-state index is 13.2. The van der Waals surface area contributed by atoms with Crippen molar-refractivity contribution >= 4 is 23.5 Å². The Balaban J connectivity index is 1.09. The molecule has 0 N–H and O–H groups in total. The smallest absolute Gasteiger partial charge is 0.414 e. The molecule has 2 saturated carbocycles. The Hall–Kier alpha value is -3.13. The van der Waals surface area contributed by atoms with E-state index in [1.807, 2.05) is 24.0 Å². The highest BCUT2D eigenvalue weighted by molar-refractivity contribution is 5.96. The molecule has 2 aromatic rings. The van der Waals surface area contributed by atoms with E-state index in [9.17, 15) is 9.59 Å². The molecule has 1 aromatic heterocycles. The first-order valence-corrected chi connectivity index (χ1v) is 13.3. The number of benzene rings is 1. The molecule has 36 heavy (non-hydrogen) atoms. The number of rotatable bonds is 8. The maximum absolute atomic E-state index is 13.2. The number of cyclic esters (lactones) is 1. The number of aromatic nitrogens is 1. The normalized spacial score (nSPS) is 22.2. The Kier molecular flexibility index (Phi) is 6.29. The largest absolute Gasteiger partial charge is 0.447 e. The molecule has 1 unspecified atom stereocenters. The van der Waals surface area contributed by atoms with Crippen molar-refractivity contribution in [3.8, 4) is 0 Å². The Morgan fingerprint density at radius 2 is 1.78 bits per heavy atom. The van der Waals surface area contributed by atoms with Crippen LogP contribution in [-0.2, 0) is 9.47 Å². The zero-order chi connectivity index (χ0) is 24.6. The standard InChI is InChI=1S/C28H34N4O4/c1-2-35-17-24-18-36-28(34)32(24)23-9-7-21(8-10-23)27(33)31-13-11-30(12-14-31)26-25(20-5-6-20)15-22(16-29-26)19-3-4-19/h7-10,15-16,19-20,24H,2-6,11-14,17-18H2,1H3.